The molecule has 1 aliphatic heterocycles. The minimum Gasteiger partial charge on any atom is -0.320 e. The van der Waals surface area contributed by atoms with Gasteiger partial charge < -0.3 is 4.90 Å². The summed E-state index contributed by atoms with van der Waals surface area (Å²) in [5.41, 5.74) is 0. The Bertz CT molecular complexity index is 377. The van der Waals surface area contributed by atoms with Crippen molar-refractivity contribution in [3.8, 4) is 0 Å². The number of hydrogen-bond donors (Lipinski definition) is 1. The zero-order valence-corrected chi connectivity index (χ0v) is 11.5. The quantitative estimate of drug-likeness (QED) is 0.893. The van der Waals surface area contributed by atoms with E-state index in [1.807, 2.05) is 17.9 Å². The normalized spacial score (nSPS) is 26.5. The van der Waals surface area contributed by atoms with Gasteiger partial charge in [0.05, 0.1) is 6.04 Å². The zero-order chi connectivity index (χ0) is 12.4. The third kappa shape index (κ3) is 2.53. The van der Waals surface area contributed by atoms with Crippen LogP contribution in [0.25, 0.3) is 0 Å². The molecule has 3 atom stereocenters. The van der Waals surface area contributed by atoms with Crippen LogP contribution in [0.15, 0.2) is 17.5 Å². The molecule has 1 fully saturated rings. The van der Waals surface area contributed by atoms with Crippen molar-refractivity contribution in [1.29, 1.82) is 0 Å². The largest absolute Gasteiger partial charge is 0.320 e. The van der Waals surface area contributed by atoms with Crippen molar-refractivity contribution in [2.75, 3.05) is 6.54 Å². The highest BCUT2D eigenvalue weighted by molar-refractivity contribution is 7.10. The summed E-state index contributed by atoms with van der Waals surface area (Å²) in [4.78, 5) is 15.3. The second-order valence-electron chi connectivity index (χ2n) is 4.81. The van der Waals surface area contributed by atoms with Gasteiger partial charge in [0.25, 0.3) is 0 Å². The summed E-state index contributed by atoms with van der Waals surface area (Å²) >= 11 is 1.71. The lowest BCUT2D eigenvalue weighted by Crippen LogP contribution is -2.34. The molecule has 2 rings (SSSR count). The van der Waals surface area contributed by atoms with Crippen LogP contribution in [0.5, 0.6) is 0 Å². The molecule has 94 valence electrons. The van der Waals surface area contributed by atoms with Gasteiger partial charge in [0.1, 0.15) is 6.17 Å². The van der Waals surface area contributed by atoms with Crippen LogP contribution in [0.3, 0.4) is 0 Å². The molecule has 0 aliphatic carbocycles. The maximum Gasteiger partial charge on any atom is 0.241 e. The molecule has 1 aliphatic rings. The van der Waals surface area contributed by atoms with E-state index in [4.69, 9.17) is 0 Å². The molecule has 1 N–H and O–H groups in total. The molecule has 0 aromatic carbocycles. The molecule has 1 aromatic heterocycles. The fourth-order valence-electron chi connectivity index (χ4n) is 2.12. The standard InChI is InChI=1S/C13H20N2OS/c1-4-9(2)8-15-12(11-6-5-7-17-11)14-10(3)13(15)16/h5-7,9-10,12,14H,4,8H2,1-3H3. The number of amides is 1. The summed E-state index contributed by atoms with van der Waals surface area (Å²) < 4.78 is 0. The molecule has 1 amide bonds. The fourth-order valence-corrected chi connectivity index (χ4v) is 2.91. The molecule has 1 saturated heterocycles. The molecular weight excluding hydrogens is 232 g/mol. The van der Waals surface area contributed by atoms with Crippen LogP contribution in [0.2, 0.25) is 0 Å². The molecule has 17 heavy (non-hydrogen) atoms. The highest BCUT2D eigenvalue weighted by Crippen LogP contribution is 2.29. The molecule has 1 aromatic rings. The van der Waals surface area contributed by atoms with Gasteiger partial charge in [-0.3, -0.25) is 10.1 Å². The molecule has 0 saturated carbocycles. The van der Waals surface area contributed by atoms with E-state index in [-0.39, 0.29) is 18.1 Å². The van der Waals surface area contributed by atoms with E-state index < -0.39 is 0 Å². The molecule has 3 unspecified atom stereocenters. The van der Waals surface area contributed by atoms with E-state index in [1.54, 1.807) is 11.3 Å². The molecule has 2 heterocycles. The summed E-state index contributed by atoms with van der Waals surface area (Å²) in [6, 6.07) is 4.07. The summed E-state index contributed by atoms with van der Waals surface area (Å²) in [6.45, 7) is 7.15. The van der Waals surface area contributed by atoms with Gasteiger partial charge in [-0.15, -0.1) is 11.3 Å². The summed E-state index contributed by atoms with van der Waals surface area (Å²) in [7, 11) is 0. The van der Waals surface area contributed by atoms with Gasteiger partial charge in [-0.05, 0) is 24.3 Å². The Morgan fingerprint density at radius 2 is 2.35 bits per heavy atom. The van der Waals surface area contributed by atoms with Gasteiger partial charge >= 0.3 is 0 Å². The molecule has 0 spiro atoms. The van der Waals surface area contributed by atoms with Crippen molar-refractivity contribution in [2.45, 2.75) is 39.4 Å². The first kappa shape index (κ1) is 12.6. The maximum atomic E-state index is 12.1. The molecule has 4 heteroatoms. The van der Waals surface area contributed by atoms with Crippen LogP contribution in [0.1, 0.15) is 38.2 Å². The van der Waals surface area contributed by atoms with Crippen molar-refractivity contribution < 1.29 is 4.79 Å². The average Bonchev–Trinajstić information content (AvgIpc) is 2.92. The third-order valence-corrected chi connectivity index (χ3v) is 4.32. The Morgan fingerprint density at radius 3 is 2.94 bits per heavy atom. The van der Waals surface area contributed by atoms with Crippen LogP contribution >= 0.6 is 11.3 Å². The number of rotatable bonds is 4. The first-order valence-corrected chi connectivity index (χ1v) is 7.11. The predicted octanol–water partition coefficient (Wildman–Crippen LogP) is 2.61. The Hall–Kier alpha value is -0.870. The lowest BCUT2D eigenvalue weighted by Gasteiger charge is -2.26. The summed E-state index contributed by atoms with van der Waals surface area (Å²) in [6.07, 6.45) is 1.18. The third-order valence-electron chi connectivity index (χ3n) is 3.39. The lowest BCUT2D eigenvalue weighted by molar-refractivity contribution is -0.130. The molecule has 0 radical (unpaired) electrons. The Labute approximate surface area is 107 Å². The Morgan fingerprint density at radius 1 is 1.59 bits per heavy atom. The monoisotopic (exact) mass is 252 g/mol. The maximum absolute atomic E-state index is 12.1. The minimum absolute atomic E-state index is 0.0637. The van der Waals surface area contributed by atoms with Crippen molar-refractivity contribution in [3.05, 3.63) is 22.4 Å². The van der Waals surface area contributed by atoms with E-state index >= 15 is 0 Å². The lowest BCUT2D eigenvalue weighted by atomic mass is 10.1. The van der Waals surface area contributed by atoms with Crippen molar-refractivity contribution >= 4 is 17.2 Å². The van der Waals surface area contributed by atoms with Gasteiger partial charge in [-0.25, -0.2) is 0 Å². The van der Waals surface area contributed by atoms with Gasteiger partial charge in [0.15, 0.2) is 0 Å². The van der Waals surface area contributed by atoms with E-state index in [2.05, 4.69) is 30.6 Å². The van der Waals surface area contributed by atoms with Crippen LogP contribution in [0.4, 0.5) is 0 Å². The molecular formula is C13H20N2OS. The number of hydrogen-bond acceptors (Lipinski definition) is 3. The molecule has 0 bridgehead atoms. The van der Waals surface area contributed by atoms with E-state index in [0.29, 0.717) is 5.92 Å². The van der Waals surface area contributed by atoms with Crippen molar-refractivity contribution in [3.63, 3.8) is 0 Å². The van der Waals surface area contributed by atoms with Crippen LogP contribution in [0, 0.1) is 5.92 Å². The van der Waals surface area contributed by atoms with Crippen LogP contribution < -0.4 is 5.32 Å². The van der Waals surface area contributed by atoms with Gasteiger partial charge in [-0.1, -0.05) is 26.3 Å². The number of nitrogens with one attached hydrogen (secondary N) is 1. The number of carbonyl (C=O) groups is 1. The number of nitrogens with zero attached hydrogens (tertiary/aromatic N) is 1. The van der Waals surface area contributed by atoms with E-state index in [9.17, 15) is 4.79 Å². The number of carbonyl (C=O) groups excluding carboxylic acids is 1. The van der Waals surface area contributed by atoms with Crippen molar-refractivity contribution in [2.24, 2.45) is 5.92 Å². The first-order chi connectivity index (χ1) is 8.13. The predicted molar refractivity (Wildman–Crippen MR) is 70.8 cm³/mol. The topological polar surface area (TPSA) is 32.3 Å². The SMILES string of the molecule is CCC(C)CN1C(=O)C(C)NC1c1cccs1. The summed E-state index contributed by atoms with van der Waals surface area (Å²) in [5.74, 6) is 0.775. The van der Waals surface area contributed by atoms with Gasteiger partial charge in [0, 0.05) is 11.4 Å². The molecule has 3 nitrogen and oxygen atoms in total. The Kier molecular flexibility index (Phi) is 3.84. The van der Waals surface area contributed by atoms with Gasteiger partial charge in [0.2, 0.25) is 5.91 Å². The highest BCUT2D eigenvalue weighted by Gasteiger charge is 2.37. The zero-order valence-electron chi connectivity index (χ0n) is 10.6. The van der Waals surface area contributed by atoms with Crippen molar-refractivity contribution in [1.82, 2.24) is 10.2 Å². The second-order valence-corrected chi connectivity index (χ2v) is 5.79. The smallest absolute Gasteiger partial charge is 0.241 e. The van der Waals surface area contributed by atoms with Crippen LogP contribution in [-0.2, 0) is 4.79 Å². The van der Waals surface area contributed by atoms with E-state index in [0.717, 1.165) is 13.0 Å². The average molecular weight is 252 g/mol. The van der Waals surface area contributed by atoms with Gasteiger partial charge in [-0.2, -0.15) is 0 Å². The first-order valence-electron chi connectivity index (χ1n) is 6.23. The fraction of sp³-hybridized carbons (Fsp3) is 0.615. The Balaban J connectivity index is 2.16. The minimum atomic E-state index is -0.0637. The number of thiophene rings is 1. The highest BCUT2D eigenvalue weighted by atomic mass is 32.1. The second kappa shape index (κ2) is 5.19. The van der Waals surface area contributed by atoms with E-state index in [1.165, 1.54) is 4.88 Å². The summed E-state index contributed by atoms with van der Waals surface area (Å²) in [5, 5.41) is 5.43. The van der Waals surface area contributed by atoms with Crippen LogP contribution in [-0.4, -0.2) is 23.4 Å².